The Labute approximate surface area is 96.1 Å². The largest absolute Gasteiger partial charge is 0.409 e. The van der Waals surface area contributed by atoms with Gasteiger partial charge in [0, 0.05) is 5.56 Å². The van der Waals surface area contributed by atoms with Crippen LogP contribution in [-0.2, 0) is 0 Å². The first kappa shape index (κ1) is 10.6. The van der Waals surface area contributed by atoms with E-state index in [9.17, 15) is 0 Å². The lowest BCUT2D eigenvalue weighted by Crippen LogP contribution is -2.17. The van der Waals surface area contributed by atoms with Crippen LogP contribution in [0.1, 0.15) is 11.4 Å². The van der Waals surface area contributed by atoms with E-state index in [0.717, 1.165) is 0 Å². The lowest BCUT2D eigenvalue weighted by molar-refractivity contribution is 0.316. The number of tetrazole rings is 1. The number of aryl methyl sites for hydroxylation is 1. The van der Waals surface area contributed by atoms with Crippen LogP contribution in [0, 0.1) is 6.92 Å². The Kier molecular flexibility index (Phi) is 2.82. The summed E-state index contributed by atoms with van der Waals surface area (Å²) in [6.45, 7) is 1.70. The molecular formula is C9H8ClN5O. The van der Waals surface area contributed by atoms with Crippen molar-refractivity contribution in [3.63, 3.8) is 0 Å². The van der Waals surface area contributed by atoms with Gasteiger partial charge in [-0.2, -0.15) is 4.68 Å². The first-order valence-electron chi connectivity index (χ1n) is 4.46. The molecule has 0 unspecified atom stereocenters. The summed E-state index contributed by atoms with van der Waals surface area (Å²) in [6.07, 6.45) is 0. The summed E-state index contributed by atoms with van der Waals surface area (Å²) in [5.41, 5.74) is 0.557. The smallest absolute Gasteiger partial charge is 0.204 e. The van der Waals surface area contributed by atoms with Crippen LogP contribution in [0.4, 0.5) is 0 Å². The van der Waals surface area contributed by atoms with Crippen molar-refractivity contribution in [1.82, 2.24) is 20.2 Å². The minimum atomic E-state index is 0.188. The van der Waals surface area contributed by atoms with E-state index in [1.807, 2.05) is 0 Å². The molecule has 0 aliphatic carbocycles. The van der Waals surface area contributed by atoms with Gasteiger partial charge < -0.3 is 5.21 Å². The maximum absolute atomic E-state index is 9.01. The molecule has 0 saturated heterocycles. The molecule has 0 aliphatic heterocycles. The van der Waals surface area contributed by atoms with Crippen molar-refractivity contribution >= 4 is 17.4 Å². The van der Waals surface area contributed by atoms with Gasteiger partial charge in [0.1, 0.15) is 0 Å². The molecule has 1 aromatic carbocycles. The summed E-state index contributed by atoms with van der Waals surface area (Å²) in [5.74, 6) is 0.695. The van der Waals surface area contributed by atoms with Gasteiger partial charge in [0.25, 0.3) is 0 Å². The fourth-order valence-electron chi connectivity index (χ4n) is 1.28. The molecule has 0 saturated carbocycles. The summed E-state index contributed by atoms with van der Waals surface area (Å²) >= 11 is 5.99. The molecule has 0 aliphatic rings. The molecule has 0 radical (unpaired) electrons. The number of hydrogen-bond donors (Lipinski definition) is 1. The fourth-order valence-corrected chi connectivity index (χ4v) is 1.50. The highest BCUT2D eigenvalue weighted by Gasteiger charge is 2.14. The Hall–Kier alpha value is -1.95. The molecule has 0 fully saturated rings. The van der Waals surface area contributed by atoms with Crippen LogP contribution < -0.4 is 0 Å². The van der Waals surface area contributed by atoms with Crippen molar-refractivity contribution in [2.75, 3.05) is 0 Å². The molecule has 7 heteroatoms. The first-order chi connectivity index (χ1) is 7.74. The third-order valence-electron chi connectivity index (χ3n) is 2.04. The van der Waals surface area contributed by atoms with Gasteiger partial charge in [0.05, 0.1) is 5.02 Å². The summed E-state index contributed by atoms with van der Waals surface area (Å²) in [4.78, 5) is 0. The molecule has 0 bridgehead atoms. The number of halogens is 1. The molecule has 16 heavy (non-hydrogen) atoms. The first-order valence-corrected chi connectivity index (χ1v) is 4.84. The molecule has 0 atom stereocenters. The third-order valence-corrected chi connectivity index (χ3v) is 2.37. The number of rotatable bonds is 1. The van der Waals surface area contributed by atoms with Gasteiger partial charge in [-0.15, -0.1) is 5.10 Å². The Morgan fingerprint density at radius 3 is 2.75 bits per heavy atom. The van der Waals surface area contributed by atoms with Crippen LogP contribution in [0.15, 0.2) is 29.4 Å². The molecule has 1 aromatic heterocycles. The lowest BCUT2D eigenvalue weighted by atomic mass is 10.2. The zero-order valence-electron chi connectivity index (χ0n) is 8.37. The number of oxime groups is 1. The summed E-state index contributed by atoms with van der Waals surface area (Å²) in [5, 5.41) is 23.5. The maximum Gasteiger partial charge on any atom is 0.204 e. The van der Waals surface area contributed by atoms with Crippen LogP contribution in [0.2, 0.25) is 5.02 Å². The Bertz CT molecular complexity index is 536. The molecule has 2 aromatic rings. The van der Waals surface area contributed by atoms with Crippen LogP contribution in [0.25, 0.3) is 0 Å². The standard InChI is InChI=1S/C9H8ClN5O/c1-6-11-13-14-15(6)9(12-16)7-4-2-3-5-8(7)10/h2-5,16H,1H3. The van der Waals surface area contributed by atoms with Gasteiger partial charge in [-0.3, -0.25) is 0 Å². The molecule has 0 amide bonds. The van der Waals surface area contributed by atoms with Crippen LogP contribution >= 0.6 is 11.6 Å². The van der Waals surface area contributed by atoms with Crippen LogP contribution in [0.5, 0.6) is 0 Å². The van der Waals surface area contributed by atoms with Gasteiger partial charge in [0.15, 0.2) is 5.82 Å². The van der Waals surface area contributed by atoms with Crippen molar-refractivity contribution in [2.45, 2.75) is 6.92 Å². The van der Waals surface area contributed by atoms with E-state index in [-0.39, 0.29) is 5.84 Å². The van der Waals surface area contributed by atoms with Crippen molar-refractivity contribution in [3.8, 4) is 0 Å². The summed E-state index contributed by atoms with van der Waals surface area (Å²) in [6, 6.07) is 6.99. The minimum Gasteiger partial charge on any atom is -0.409 e. The molecule has 1 heterocycles. The number of hydrogen-bond acceptors (Lipinski definition) is 5. The van der Waals surface area contributed by atoms with Crippen molar-refractivity contribution in [1.29, 1.82) is 0 Å². The quantitative estimate of drug-likeness (QED) is 0.351. The maximum atomic E-state index is 9.01. The average Bonchev–Trinajstić information content (AvgIpc) is 2.69. The second kappa shape index (κ2) is 4.28. The second-order valence-corrected chi connectivity index (χ2v) is 3.45. The summed E-state index contributed by atoms with van der Waals surface area (Å²) in [7, 11) is 0. The topological polar surface area (TPSA) is 76.2 Å². The fraction of sp³-hybridized carbons (Fsp3) is 0.111. The molecule has 1 N–H and O–H groups in total. The van der Waals surface area contributed by atoms with E-state index in [4.69, 9.17) is 16.8 Å². The SMILES string of the molecule is Cc1nnnn1C(=NO)c1ccccc1Cl. The number of nitrogens with zero attached hydrogens (tertiary/aromatic N) is 5. The highest BCUT2D eigenvalue weighted by atomic mass is 35.5. The average molecular weight is 238 g/mol. The van der Waals surface area contributed by atoms with Gasteiger partial charge in [0.2, 0.25) is 5.84 Å². The second-order valence-electron chi connectivity index (χ2n) is 3.04. The molecule has 82 valence electrons. The zero-order chi connectivity index (χ0) is 11.5. The Morgan fingerprint density at radius 2 is 2.19 bits per heavy atom. The van der Waals surface area contributed by atoms with Gasteiger partial charge in [-0.05, 0) is 29.5 Å². The van der Waals surface area contributed by atoms with E-state index >= 15 is 0 Å². The number of benzene rings is 1. The van der Waals surface area contributed by atoms with E-state index in [1.54, 1.807) is 31.2 Å². The number of aromatic nitrogens is 4. The minimum absolute atomic E-state index is 0.188. The van der Waals surface area contributed by atoms with E-state index < -0.39 is 0 Å². The monoisotopic (exact) mass is 237 g/mol. The van der Waals surface area contributed by atoms with Crippen LogP contribution in [0.3, 0.4) is 0 Å². The Balaban J connectivity index is 2.55. The highest BCUT2D eigenvalue weighted by Crippen LogP contribution is 2.16. The van der Waals surface area contributed by atoms with Gasteiger partial charge >= 0.3 is 0 Å². The van der Waals surface area contributed by atoms with Crippen LogP contribution in [-0.4, -0.2) is 31.3 Å². The van der Waals surface area contributed by atoms with E-state index in [1.165, 1.54) is 4.68 Å². The summed E-state index contributed by atoms with van der Waals surface area (Å²) < 4.78 is 1.31. The van der Waals surface area contributed by atoms with Gasteiger partial charge in [-0.25, -0.2) is 0 Å². The van der Waals surface area contributed by atoms with Crippen molar-refractivity contribution in [3.05, 3.63) is 40.7 Å². The predicted molar refractivity (Wildman–Crippen MR) is 57.7 cm³/mol. The molecule has 2 rings (SSSR count). The third kappa shape index (κ3) is 1.74. The van der Waals surface area contributed by atoms with E-state index in [2.05, 4.69) is 20.7 Å². The van der Waals surface area contributed by atoms with Crippen molar-refractivity contribution in [2.24, 2.45) is 5.16 Å². The van der Waals surface area contributed by atoms with E-state index in [0.29, 0.717) is 16.4 Å². The molecular weight excluding hydrogens is 230 g/mol. The normalized spacial score (nSPS) is 11.8. The Morgan fingerprint density at radius 1 is 1.44 bits per heavy atom. The van der Waals surface area contributed by atoms with Crippen molar-refractivity contribution < 1.29 is 5.21 Å². The zero-order valence-corrected chi connectivity index (χ0v) is 9.13. The van der Waals surface area contributed by atoms with Gasteiger partial charge in [-0.1, -0.05) is 28.9 Å². The lowest BCUT2D eigenvalue weighted by Gasteiger charge is -2.05. The molecule has 0 spiro atoms. The molecule has 6 nitrogen and oxygen atoms in total. The predicted octanol–water partition coefficient (Wildman–Crippen LogP) is 1.32. The highest BCUT2D eigenvalue weighted by molar-refractivity contribution is 6.34.